The van der Waals surface area contributed by atoms with Crippen molar-refractivity contribution in [3.63, 3.8) is 0 Å². The molecule has 0 bridgehead atoms. The Morgan fingerprint density at radius 3 is 2.26 bits per heavy atom. The number of carbonyl (C=O) groups is 2. The maximum atomic E-state index is 12.1. The van der Waals surface area contributed by atoms with Crippen LogP contribution in [-0.2, 0) is 14.8 Å². The first-order valence-corrected chi connectivity index (χ1v) is 9.27. The first-order chi connectivity index (χ1) is 10.9. The van der Waals surface area contributed by atoms with Crippen molar-refractivity contribution in [2.45, 2.75) is 50.0 Å². The third-order valence-electron chi connectivity index (χ3n) is 3.96. The van der Waals surface area contributed by atoms with Crippen molar-refractivity contribution in [1.82, 2.24) is 10.0 Å². The maximum Gasteiger partial charge on any atom is 0.241 e. The molecule has 6 nitrogen and oxygen atoms in total. The van der Waals surface area contributed by atoms with Gasteiger partial charge in [0.25, 0.3) is 0 Å². The van der Waals surface area contributed by atoms with Crippen LogP contribution in [0.15, 0.2) is 29.2 Å². The molecule has 1 amide bonds. The molecule has 1 aliphatic carbocycles. The highest BCUT2D eigenvalue weighted by molar-refractivity contribution is 7.89. The summed E-state index contributed by atoms with van der Waals surface area (Å²) >= 11 is 0. The van der Waals surface area contributed by atoms with Gasteiger partial charge in [-0.2, -0.15) is 0 Å². The van der Waals surface area contributed by atoms with E-state index in [9.17, 15) is 18.0 Å². The van der Waals surface area contributed by atoms with Crippen LogP contribution in [0.25, 0.3) is 0 Å². The second-order valence-electron chi connectivity index (χ2n) is 5.81. The molecule has 1 aliphatic rings. The van der Waals surface area contributed by atoms with Crippen molar-refractivity contribution in [3.05, 3.63) is 29.8 Å². The Morgan fingerprint density at radius 1 is 1.09 bits per heavy atom. The van der Waals surface area contributed by atoms with E-state index in [2.05, 4.69) is 10.0 Å². The molecule has 7 heteroatoms. The van der Waals surface area contributed by atoms with E-state index in [1.54, 1.807) is 0 Å². The van der Waals surface area contributed by atoms with Crippen molar-refractivity contribution in [2.24, 2.45) is 0 Å². The van der Waals surface area contributed by atoms with Crippen LogP contribution >= 0.6 is 0 Å². The molecular weight excluding hydrogens is 316 g/mol. The zero-order chi connectivity index (χ0) is 16.9. The monoisotopic (exact) mass is 338 g/mol. The number of sulfonamides is 1. The molecule has 0 aliphatic heterocycles. The van der Waals surface area contributed by atoms with Crippen molar-refractivity contribution < 1.29 is 18.0 Å². The number of rotatable bonds is 6. The lowest BCUT2D eigenvalue weighted by Gasteiger charge is -2.22. The molecule has 0 unspecified atom stereocenters. The van der Waals surface area contributed by atoms with E-state index in [1.807, 2.05) is 0 Å². The van der Waals surface area contributed by atoms with Crippen LogP contribution in [0.5, 0.6) is 0 Å². The van der Waals surface area contributed by atoms with Gasteiger partial charge in [-0.1, -0.05) is 31.4 Å². The number of hydrogen-bond donors (Lipinski definition) is 2. The van der Waals surface area contributed by atoms with Gasteiger partial charge in [0.2, 0.25) is 15.9 Å². The van der Waals surface area contributed by atoms with Crippen molar-refractivity contribution >= 4 is 21.7 Å². The van der Waals surface area contributed by atoms with Gasteiger partial charge in [-0.25, -0.2) is 13.1 Å². The molecule has 0 spiro atoms. The fraction of sp³-hybridized carbons (Fsp3) is 0.500. The van der Waals surface area contributed by atoms with E-state index in [0.29, 0.717) is 5.56 Å². The standard InChI is InChI=1S/C16H22N2O4S/c1-12(19)13-7-9-15(10-8-13)23(21,22)17-11-16(20)18-14-5-3-2-4-6-14/h7-10,14,17H,2-6,11H2,1H3,(H,18,20). The fourth-order valence-electron chi connectivity index (χ4n) is 2.64. The highest BCUT2D eigenvalue weighted by Gasteiger charge is 2.19. The lowest BCUT2D eigenvalue weighted by molar-refractivity contribution is -0.120. The van der Waals surface area contributed by atoms with Crippen molar-refractivity contribution in [2.75, 3.05) is 6.54 Å². The Morgan fingerprint density at radius 2 is 1.70 bits per heavy atom. The summed E-state index contributed by atoms with van der Waals surface area (Å²) in [6, 6.07) is 5.78. The number of hydrogen-bond acceptors (Lipinski definition) is 4. The molecule has 1 aromatic carbocycles. The van der Waals surface area contributed by atoms with E-state index in [4.69, 9.17) is 0 Å². The number of nitrogens with one attached hydrogen (secondary N) is 2. The van der Waals surface area contributed by atoms with Crippen LogP contribution in [-0.4, -0.2) is 32.7 Å². The number of carbonyl (C=O) groups excluding carboxylic acids is 2. The van der Waals surface area contributed by atoms with Gasteiger partial charge in [0, 0.05) is 11.6 Å². The molecule has 126 valence electrons. The van der Waals surface area contributed by atoms with Gasteiger partial charge < -0.3 is 5.32 Å². The molecule has 0 aromatic heterocycles. The molecule has 2 N–H and O–H groups in total. The normalized spacial score (nSPS) is 16.0. The molecule has 0 heterocycles. The fourth-order valence-corrected chi connectivity index (χ4v) is 3.62. The molecular formula is C16H22N2O4S. The molecule has 1 aromatic rings. The summed E-state index contributed by atoms with van der Waals surface area (Å²) in [4.78, 5) is 23.1. The van der Waals surface area contributed by atoms with E-state index in [-0.39, 0.29) is 29.2 Å². The number of amides is 1. The first-order valence-electron chi connectivity index (χ1n) is 7.78. The topological polar surface area (TPSA) is 92.3 Å². The molecule has 0 radical (unpaired) electrons. The molecule has 2 rings (SSSR count). The van der Waals surface area contributed by atoms with Crippen LogP contribution in [0.4, 0.5) is 0 Å². The largest absolute Gasteiger partial charge is 0.352 e. The minimum atomic E-state index is -3.76. The minimum absolute atomic E-state index is 0.0352. The third kappa shape index (κ3) is 5.14. The lowest BCUT2D eigenvalue weighted by atomic mass is 9.95. The van der Waals surface area contributed by atoms with Gasteiger partial charge >= 0.3 is 0 Å². The average molecular weight is 338 g/mol. The van der Waals surface area contributed by atoms with Crippen LogP contribution in [0.2, 0.25) is 0 Å². The highest BCUT2D eigenvalue weighted by atomic mass is 32.2. The van der Waals surface area contributed by atoms with Gasteiger partial charge in [-0.15, -0.1) is 0 Å². The van der Waals surface area contributed by atoms with E-state index in [0.717, 1.165) is 25.7 Å². The van der Waals surface area contributed by atoms with Crippen molar-refractivity contribution in [1.29, 1.82) is 0 Å². The Labute approximate surface area is 136 Å². The summed E-state index contributed by atoms with van der Waals surface area (Å²) < 4.78 is 26.6. The molecule has 0 saturated heterocycles. The summed E-state index contributed by atoms with van der Waals surface area (Å²) in [7, 11) is -3.76. The Bertz CT molecular complexity index is 662. The Kier molecular flexibility index (Phi) is 5.90. The van der Waals surface area contributed by atoms with E-state index >= 15 is 0 Å². The number of ketones is 1. The zero-order valence-corrected chi connectivity index (χ0v) is 14.0. The van der Waals surface area contributed by atoms with Gasteiger partial charge in [0.15, 0.2) is 5.78 Å². The smallest absolute Gasteiger partial charge is 0.241 e. The first kappa shape index (κ1) is 17.6. The number of benzene rings is 1. The Hall–Kier alpha value is -1.73. The second-order valence-corrected chi connectivity index (χ2v) is 7.57. The minimum Gasteiger partial charge on any atom is -0.352 e. The molecule has 1 fully saturated rings. The third-order valence-corrected chi connectivity index (χ3v) is 5.38. The van der Waals surface area contributed by atoms with Crippen LogP contribution in [0.3, 0.4) is 0 Å². The van der Waals surface area contributed by atoms with E-state index in [1.165, 1.54) is 37.6 Å². The van der Waals surface area contributed by atoms with Crippen LogP contribution in [0.1, 0.15) is 49.4 Å². The van der Waals surface area contributed by atoms with Gasteiger partial charge in [-0.3, -0.25) is 9.59 Å². The second kappa shape index (κ2) is 7.70. The van der Waals surface area contributed by atoms with Crippen molar-refractivity contribution in [3.8, 4) is 0 Å². The van der Waals surface area contributed by atoms with Gasteiger partial charge in [0.05, 0.1) is 11.4 Å². The SMILES string of the molecule is CC(=O)c1ccc(S(=O)(=O)NCC(=O)NC2CCCCC2)cc1. The average Bonchev–Trinajstić information content (AvgIpc) is 2.54. The molecule has 1 saturated carbocycles. The summed E-state index contributed by atoms with van der Waals surface area (Å²) in [5, 5.41) is 2.86. The predicted molar refractivity (Wildman–Crippen MR) is 86.7 cm³/mol. The predicted octanol–water partition coefficient (Wildman–Crippen LogP) is 1.62. The summed E-state index contributed by atoms with van der Waals surface area (Å²) in [6.07, 6.45) is 5.28. The van der Waals surface area contributed by atoms with Gasteiger partial charge in [0.1, 0.15) is 0 Å². The highest BCUT2D eigenvalue weighted by Crippen LogP contribution is 2.17. The summed E-state index contributed by atoms with van der Waals surface area (Å²) in [5.41, 5.74) is 0.444. The van der Waals surface area contributed by atoms with Crippen LogP contribution in [0, 0.1) is 0 Å². The van der Waals surface area contributed by atoms with Crippen LogP contribution < -0.4 is 10.0 Å². The quantitative estimate of drug-likeness (QED) is 0.771. The van der Waals surface area contributed by atoms with E-state index < -0.39 is 10.0 Å². The molecule has 23 heavy (non-hydrogen) atoms. The zero-order valence-electron chi connectivity index (χ0n) is 13.2. The lowest BCUT2D eigenvalue weighted by Crippen LogP contribution is -2.42. The summed E-state index contributed by atoms with van der Waals surface area (Å²) in [6.45, 7) is 1.13. The maximum absolute atomic E-state index is 12.1. The van der Waals surface area contributed by atoms with Gasteiger partial charge in [-0.05, 0) is 31.9 Å². The Balaban J connectivity index is 1.90. The summed E-state index contributed by atoms with van der Waals surface area (Å²) in [5.74, 6) is -0.449. The molecule has 0 atom stereocenters. The number of Topliss-reactive ketones (excluding diaryl/α,β-unsaturated/α-hetero) is 1.